The van der Waals surface area contributed by atoms with Crippen molar-refractivity contribution in [3.63, 3.8) is 0 Å². The molecule has 9 heteroatoms. The lowest BCUT2D eigenvalue weighted by molar-refractivity contribution is 0.0927. The maximum Gasteiger partial charge on any atom is 0.251 e. The fourth-order valence-electron chi connectivity index (χ4n) is 3.86. The molecule has 0 unspecified atom stereocenters. The lowest BCUT2D eigenvalue weighted by Crippen LogP contribution is -2.36. The lowest BCUT2D eigenvalue weighted by Gasteiger charge is -2.23. The van der Waals surface area contributed by atoms with Crippen LogP contribution in [0.4, 0.5) is 0 Å². The summed E-state index contributed by atoms with van der Waals surface area (Å²) in [4.78, 5) is 14.5. The Hall–Kier alpha value is -1.64. The molecule has 32 heavy (non-hydrogen) atoms. The standard InChI is InChI=1S/C23H29Cl2N3O3S/c1-28(2)15-22(17-10-13-20(24)21(25)14-17)27-32(30,31)19-11-8-16(9-12-19)23(29)26-18-6-4-3-5-7-18/h8-14,18,22,27H,3-7,15H2,1-2H3,(H,26,29)/t22-/m0/s1. The number of hydrogen-bond donors (Lipinski definition) is 2. The summed E-state index contributed by atoms with van der Waals surface area (Å²) in [5.41, 5.74) is 1.16. The summed E-state index contributed by atoms with van der Waals surface area (Å²) in [7, 11) is -0.111. The molecule has 1 atom stereocenters. The maximum absolute atomic E-state index is 13.1. The summed E-state index contributed by atoms with van der Waals surface area (Å²) in [6.07, 6.45) is 5.44. The molecule has 0 heterocycles. The highest BCUT2D eigenvalue weighted by Gasteiger charge is 2.23. The highest BCUT2D eigenvalue weighted by Crippen LogP contribution is 2.27. The van der Waals surface area contributed by atoms with Gasteiger partial charge in [-0.3, -0.25) is 4.79 Å². The van der Waals surface area contributed by atoms with Crippen LogP contribution in [0.3, 0.4) is 0 Å². The average Bonchev–Trinajstić information content (AvgIpc) is 2.75. The van der Waals surface area contributed by atoms with E-state index in [4.69, 9.17) is 23.2 Å². The van der Waals surface area contributed by atoms with Gasteiger partial charge in [0.2, 0.25) is 10.0 Å². The Bertz CT molecular complexity index is 1040. The molecule has 2 aromatic rings. The number of carbonyl (C=O) groups is 1. The summed E-state index contributed by atoms with van der Waals surface area (Å²) >= 11 is 12.1. The monoisotopic (exact) mass is 497 g/mol. The van der Waals surface area contributed by atoms with Gasteiger partial charge in [0.05, 0.1) is 21.0 Å². The normalized spacial score (nSPS) is 16.2. The number of likely N-dealkylation sites (N-methyl/N-ethyl adjacent to an activating group) is 1. The molecule has 6 nitrogen and oxygen atoms in total. The summed E-state index contributed by atoms with van der Waals surface area (Å²) in [6.45, 7) is 0.430. The zero-order valence-corrected chi connectivity index (χ0v) is 20.6. The van der Waals surface area contributed by atoms with E-state index in [1.54, 1.807) is 30.3 Å². The number of halogens is 2. The van der Waals surface area contributed by atoms with Crippen molar-refractivity contribution < 1.29 is 13.2 Å². The molecular formula is C23H29Cl2N3O3S. The van der Waals surface area contributed by atoms with Gasteiger partial charge in [-0.2, -0.15) is 0 Å². The Morgan fingerprint density at radius 1 is 1.03 bits per heavy atom. The van der Waals surface area contributed by atoms with Crippen LogP contribution < -0.4 is 10.0 Å². The third-order valence-electron chi connectivity index (χ3n) is 5.56. The fourth-order valence-corrected chi connectivity index (χ4v) is 5.38. The Kier molecular flexibility index (Phi) is 8.58. The molecule has 2 N–H and O–H groups in total. The predicted octanol–water partition coefficient (Wildman–Crippen LogP) is 4.64. The number of sulfonamides is 1. The molecule has 2 aromatic carbocycles. The molecule has 0 saturated heterocycles. The second-order valence-electron chi connectivity index (χ2n) is 8.44. The number of hydrogen-bond acceptors (Lipinski definition) is 4. The number of nitrogens with zero attached hydrogens (tertiary/aromatic N) is 1. The van der Waals surface area contributed by atoms with E-state index in [0.29, 0.717) is 27.7 Å². The molecule has 1 amide bonds. The maximum atomic E-state index is 13.1. The van der Waals surface area contributed by atoms with Crippen LogP contribution in [-0.4, -0.2) is 45.9 Å². The Morgan fingerprint density at radius 2 is 1.69 bits per heavy atom. The summed E-state index contributed by atoms with van der Waals surface area (Å²) in [5.74, 6) is -0.171. The Morgan fingerprint density at radius 3 is 2.28 bits per heavy atom. The number of nitrogens with one attached hydrogen (secondary N) is 2. The molecule has 174 valence electrons. The van der Waals surface area contributed by atoms with E-state index in [2.05, 4.69) is 10.0 Å². The highest BCUT2D eigenvalue weighted by molar-refractivity contribution is 7.89. The van der Waals surface area contributed by atoms with E-state index in [9.17, 15) is 13.2 Å². The van der Waals surface area contributed by atoms with Crippen LogP contribution >= 0.6 is 23.2 Å². The third-order valence-corrected chi connectivity index (χ3v) is 7.78. The van der Waals surface area contributed by atoms with Gasteiger partial charge in [-0.05, 0) is 68.9 Å². The topological polar surface area (TPSA) is 78.5 Å². The molecule has 1 fully saturated rings. The molecule has 0 radical (unpaired) electrons. The van der Waals surface area contributed by atoms with Gasteiger partial charge in [-0.15, -0.1) is 0 Å². The number of carbonyl (C=O) groups excluding carboxylic acids is 1. The van der Waals surface area contributed by atoms with Crippen molar-refractivity contribution in [1.29, 1.82) is 0 Å². The molecule has 1 saturated carbocycles. The van der Waals surface area contributed by atoms with Crippen molar-refractivity contribution in [1.82, 2.24) is 14.9 Å². The van der Waals surface area contributed by atoms with Crippen LogP contribution in [0.25, 0.3) is 0 Å². The number of benzene rings is 2. The van der Waals surface area contributed by atoms with Crippen LogP contribution in [0.5, 0.6) is 0 Å². The molecule has 1 aliphatic carbocycles. The van der Waals surface area contributed by atoms with E-state index in [-0.39, 0.29) is 16.8 Å². The summed E-state index contributed by atoms with van der Waals surface area (Å²) in [6, 6.07) is 10.7. The Labute approximate surface area is 200 Å². The van der Waals surface area contributed by atoms with E-state index < -0.39 is 16.1 Å². The van der Waals surface area contributed by atoms with Gasteiger partial charge in [0.1, 0.15) is 0 Å². The first kappa shape index (κ1) is 25.0. The van der Waals surface area contributed by atoms with Gasteiger partial charge in [0.15, 0.2) is 0 Å². The van der Waals surface area contributed by atoms with Gasteiger partial charge < -0.3 is 10.2 Å². The molecule has 3 rings (SSSR count). The summed E-state index contributed by atoms with van der Waals surface area (Å²) < 4.78 is 28.9. The van der Waals surface area contributed by atoms with Gasteiger partial charge >= 0.3 is 0 Å². The first-order valence-corrected chi connectivity index (χ1v) is 12.9. The minimum absolute atomic E-state index is 0.0931. The lowest BCUT2D eigenvalue weighted by atomic mass is 9.95. The van der Waals surface area contributed by atoms with Crippen molar-refractivity contribution in [2.75, 3.05) is 20.6 Å². The number of rotatable bonds is 8. The van der Waals surface area contributed by atoms with Crippen molar-refractivity contribution in [3.8, 4) is 0 Å². The first-order valence-electron chi connectivity index (χ1n) is 10.7. The summed E-state index contributed by atoms with van der Waals surface area (Å²) in [5, 5.41) is 3.81. The Balaban J connectivity index is 1.74. The van der Waals surface area contributed by atoms with Gasteiger partial charge in [-0.1, -0.05) is 48.5 Å². The second kappa shape index (κ2) is 11.0. The zero-order chi connectivity index (χ0) is 23.3. The van der Waals surface area contributed by atoms with Crippen molar-refractivity contribution in [2.24, 2.45) is 0 Å². The van der Waals surface area contributed by atoms with E-state index in [1.807, 2.05) is 19.0 Å². The molecule has 1 aliphatic rings. The zero-order valence-electron chi connectivity index (χ0n) is 18.3. The van der Waals surface area contributed by atoms with Crippen molar-refractivity contribution in [3.05, 3.63) is 63.6 Å². The van der Waals surface area contributed by atoms with E-state index >= 15 is 0 Å². The molecule has 0 spiro atoms. The minimum atomic E-state index is -3.83. The fraction of sp³-hybridized carbons (Fsp3) is 0.435. The van der Waals surface area contributed by atoms with Crippen molar-refractivity contribution in [2.45, 2.75) is 49.1 Å². The molecule has 0 aromatic heterocycles. The second-order valence-corrected chi connectivity index (χ2v) is 11.0. The van der Waals surface area contributed by atoms with Gasteiger partial charge in [-0.25, -0.2) is 13.1 Å². The van der Waals surface area contributed by atoms with Crippen molar-refractivity contribution >= 4 is 39.1 Å². The molecular weight excluding hydrogens is 469 g/mol. The van der Waals surface area contributed by atoms with Crippen LogP contribution in [0.15, 0.2) is 47.4 Å². The third kappa shape index (κ3) is 6.68. The quantitative estimate of drug-likeness (QED) is 0.556. The minimum Gasteiger partial charge on any atom is -0.349 e. The van der Waals surface area contributed by atoms with Crippen LogP contribution in [-0.2, 0) is 10.0 Å². The van der Waals surface area contributed by atoms with Gasteiger partial charge in [0, 0.05) is 18.2 Å². The van der Waals surface area contributed by atoms with Crippen LogP contribution in [0.2, 0.25) is 10.0 Å². The largest absolute Gasteiger partial charge is 0.349 e. The molecule has 0 aliphatic heterocycles. The average molecular weight is 498 g/mol. The van der Waals surface area contributed by atoms with Gasteiger partial charge in [0.25, 0.3) is 5.91 Å². The van der Waals surface area contributed by atoms with Crippen LogP contribution in [0, 0.1) is 0 Å². The van der Waals surface area contributed by atoms with E-state index in [0.717, 1.165) is 25.7 Å². The highest BCUT2D eigenvalue weighted by atomic mass is 35.5. The smallest absolute Gasteiger partial charge is 0.251 e. The molecule has 0 bridgehead atoms. The predicted molar refractivity (Wildman–Crippen MR) is 129 cm³/mol. The SMILES string of the molecule is CN(C)C[C@H](NS(=O)(=O)c1ccc(C(=O)NC2CCCCC2)cc1)c1ccc(Cl)c(Cl)c1. The number of amides is 1. The van der Waals surface area contributed by atoms with E-state index in [1.165, 1.54) is 18.6 Å². The van der Waals surface area contributed by atoms with Crippen LogP contribution in [0.1, 0.15) is 54.1 Å². The first-order chi connectivity index (χ1) is 15.2.